The predicted octanol–water partition coefficient (Wildman–Crippen LogP) is 1.33. The number of nitrogens with one attached hydrogen (secondary N) is 1. The molecule has 1 heterocycles. The lowest BCUT2D eigenvalue weighted by atomic mass is 10.2. The normalized spacial score (nSPS) is 10.2. The molecule has 19 heavy (non-hydrogen) atoms. The van der Waals surface area contributed by atoms with Crippen molar-refractivity contribution in [1.29, 1.82) is 0 Å². The van der Waals surface area contributed by atoms with Crippen LogP contribution in [0.3, 0.4) is 0 Å². The molecule has 0 radical (unpaired) electrons. The highest BCUT2D eigenvalue weighted by atomic mass is 16.5. The van der Waals surface area contributed by atoms with E-state index in [4.69, 9.17) is 14.2 Å². The summed E-state index contributed by atoms with van der Waals surface area (Å²) in [7, 11) is 1.63. The number of hydrogen-bond donors (Lipinski definition) is 1. The summed E-state index contributed by atoms with van der Waals surface area (Å²) in [5.74, 6) is 0.134. The molecule has 1 N–H and O–H groups in total. The Morgan fingerprint density at radius 3 is 2.95 bits per heavy atom. The first kappa shape index (κ1) is 15.4. The fourth-order valence-corrected chi connectivity index (χ4v) is 1.41. The Bertz CT molecular complexity index is 385. The summed E-state index contributed by atoms with van der Waals surface area (Å²) in [5.41, 5.74) is 0.432. The second kappa shape index (κ2) is 9.29. The number of ether oxygens (including phenoxy) is 3. The zero-order valence-electron chi connectivity index (χ0n) is 11.3. The van der Waals surface area contributed by atoms with E-state index in [1.807, 2.05) is 0 Å². The van der Waals surface area contributed by atoms with Crippen LogP contribution in [0, 0.1) is 0 Å². The smallest absolute Gasteiger partial charge is 0.341 e. The van der Waals surface area contributed by atoms with Crippen molar-refractivity contribution in [2.45, 2.75) is 6.92 Å². The first-order valence-electron chi connectivity index (χ1n) is 6.22. The largest absolute Gasteiger partial charge is 0.462 e. The maximum Gasteiger partial charge on any atom is 0.341 e. The highest BCUT2D eigenvalue weighted by Crippen LogP contribution is 2.12. The zero-order valence-corrected chi connectivity index (χ0v) is 11.3. The minimum Gasteiger partial charge on any atom is -0.462 e. The summed E-state index contributed by atoms with van der Waals surface area (Å²) in [4.78, 5) is 15.8. The van der Waals surface area contributed by atoms with Gasteiger partial charge in [-0.05, 0) is 19.1 Å². The van der Waals surface area contributed by atoms with Crippen molar-refractivity contribution in [1.82, 2.24) is 4.98 Å². The van der Waals surface area contributed by atoms with Gasteiger partial charge in [-0.25, -0.2) is 9.78 Å². The van der Waals surface area contributed by atoms with E-state index in [0.717, 1.165) is 0 Å². The van der Waals surface area contributed by atoms with Gasteiger partial charge >= 0.3 is 5.97 Å². The third kappa shape index (κ3) is 5.67. The van der Waals surface area contributed by atoms with Gasteiger partial charge in [0.25, 0.3) is 0 Å². The number of aromatic nitrogens is 1. The fraction of sp³-hybridized carbons (Fsp3) is 0.538. The van der Waals surface area contributed by atoms with Crippen LogP contribution in [-0.2, 0) is 14.2 Å². The Morgan fingerprint density at radius 1 is 1.37 bits per heavy atom. The Morgan fingerprint density at radius 2 is 2.21 bits per heavy atom. The standard InChI is InChI=1S/C13H20N2O4/c1-3-19-13(16)11-5-4-6-14-12(11)15-7-8-18-10-9-17-2/h4-6H,3,7-10H2,1-2H3,(H,14,15). The Balaban J connectivity index is 2.42. The fourth-order valence-electron chi connectivity index (χ4n) is 1.41. The average Bonchev–Trinajstić information content (AvgIpc) is 2.43. The van der Waals surface area contributed by atoms with Gasteiger partial charge in [0.05, 0.1) is 26.4 Å². The van der Waals surface area contributed by atoms with Crippen LogP contribution in [0.1, 0.15) is 17.3 Å². The highest BCUT2D eigenvalue weighted by molar-refractivity contribution is 5.94. The SMILES string of the molecule is CCOC(=O)c1cccnc1NCCOCCOC. The highest BCUT2D eigenvalue weighted by Gasteiger charge is 2.12. The van der Waals surface area contributed by atoms with Gasteiger partial charge in [-0.3, -0.25) is 0 Å². The number of rotatable bonds is 9. The summed E-state index contributed by atoms with van der Waals surface area (Å²) >= 11 is 0. The van der Waals surface area contributed by atoms with Crippen molar-refractivity contribution in [2.24, 2.45) is 0 Å². The number of methoxy groups -OCH3 is 1. The van der Waals surface area contributed by atoms with Gasteiger partial charge in [0, 0.05) is 19.9 Å². The number of nitrogens with zero attached hydrogens (tertiary/aromatic N) is 1. The Kier molecular flexibility index (Phi) is 7.53. The van der Waals surface area contributed by atoms with Crippen LogP contribution < -0.4 is 5.32 Å². The molecule has 6 heteroatoms. The monoisotopic (exact) mass is 268 g/mol. The van der Waals surface area contributed by atoms with Crippen molar-refractivity contribution in [3.63, 3.8) is 0 Å². The number of pyridine rings is 1. The molecule has 0 amide bonds. The topological polar surface area (TPSA) is 69.7 Å². The van der Waals surface area contributed by atoms with Gasteiger partial charge < -0.3 is 19.5 Å². The molecule has 0 spiro atoms. The van der Waals surface area contributed by atoms with Gasteiger partial charge in [-0.2, -0.15) is 0 Å². The van der Waals surface area contributed by atoms with Crippen molar-refractivity contribution in [2.75, 3.05) is 45.4 Å². The average molecular weight is 268 g/mol. The van der Waals surface area contributed by atoms with Crippen LogP contribution >= 0.6 is 0 Å². The van der Waals surface area contributed by atoms with Crippen LogP contribution in [0.2, 0.25) is 0 Å². The number of carbonyl (C=O) groups excluding carboxylic acids is 1. The zero-order chi connectivity index (χ0) is 13.9. The minimum atomic E-state index is -0.376. The molecule has 1 aromatic rings. The lowest BCUT2D eigenvalue weighted by Crippen LogP contribution is -2.16. The third-order valence-corrected chi connectivity index (χ3v) is 2.27. The van der Waals surface area contributed by atoms with Crippen molar-refractivity contribution < 1.29 is 19.0 Å². The summed E-state index contributed by atoms with van der Waals surface area (Å²) in [5, 5.41) is 3.05. The molecule has 0 fully saturated rings. The summed E-state index contributed by atoms with van der Waals surface area (Å²) in [6, 6.07) is 3.38. The van der Waals surface area contributed by atoms with Crippen LogP contribution in [-0.4, -0.2) is 51.0 Å². The molecule has 0 aliphatic carbocycles. The molecule has 6 nitrogen and oxygen atoms in total. The second-order valence-electron chi connectivity index (χ2n) is 3.65. The number of carbonyl (C=O) groups is 1. The summed E-state index contributed by atoms with van der Waals surface area (Å²) in [6.45, 7) is 4.30. The van der Waals surface area contributed by atoms with Crippen molar-refractivity contribution in [3.8, 4) is 0 Å². The van der Waals surface area contributed by atoms with E-state index >= 15 is 0 Å². The van der Waals surface area contributed by atoms with Gasteiger partial charge in [0.2, 0.25) is 0 Å². The van der Waals surface area contributed by atoms with Gasteiger partial charge in [0.15, 0.2) is 0 Å². The Hall–Kier alpha value is -1.66. The van der Waals surface area contributed by atoms with E-state index in [1.165, 1.54) is 0 Å². The van der Waals surface area contributed by atoms with Gasteiger partial charge in [-0.1, -0.05) is 0 Å². The molecule has 0 atom stereocenters. The van der Waals surface area contributed by atoms with E-state index in [2.05, 4.69) is 10.3 Å². The van der Waals surface area contributed by atoms with E-state index in [-0.39, 0.29) is 5.97 Å². The molecule has 1 rings (SSSR count). The maximum atomic E-state index is 11.7. The van der Waals surface area contributed by atoms with Crippen LogP contribution in [0.4, 0.5) is 5.82 Å². The molecule has 0 bridgehead atoms. The molecule has 0 unspecified atom stereocenters. The molecular formula is C13H20N2O4. The molecule has 0 aromatic carbocycles. The van der Waals surface area contributed by atoms with Crippen LogP contribution in [0.15, 0.2) is 18.3 Å². The molecule has 1 aromatic heterocycles. The van der Waals surface area contributed by atoms with Gasteiger partial charge in [-0.15, -0.1) is 0 Å². The molecule has 0 saturated heterocycles. The number of hydrogen-bond acceptors (Lipinski definition) is 6. The molecule has 106 valence electrons. The van der Waals surface area contributed by atoms with Crippen molar-refractivity contribution >= 4 is 11.8 Å². The maximum absolute atomic E-state index is 11.7. The first-order chi connectivity index (χ1) is 9.29. The van der Waals surface area contributed by atoms with Crippen LogP contribution in [0.25, 0.3) is 0 Å². The number of esters is 1. The van der Waals surface area contributed by atoms with Gasteiger partial charge in [0.1, 0.15) is 11.4 Å². The summed E-state index contributed by atoms with van der Waals surface area (Å²) < 4.78 is 15.1. The quantitative estimate of drug-likeness (QED) is 0.538. The van der Waals surface area contributed by atoms with E-state index in [1.54, 1.807) is 32.4 Å². The van der Waals surface area contributed by atoms with E-state index < -0.39 is 0 Å². The van der Waals surface area contributed by atoms with E-state index in [9.17, 15) is 4.79 Å². The van der Waals surface area contributed by atoms with E-state index in [0.29, 0.717) is 44.4 Å². The van der Waals surface area contributed by atoms with Crippen LogP contribution in [0.5, 0.6) is 0 Å². The third-order valence-electron chi connectivity index (χ3n) is 2.27. The Labute approximate surface area is 113 Å². The van der Waals surface area contributed by atoms with Crippen molar-refractivity contribution in [3.05, 3.63) is 23.9 Å². The summed E-state index contributed by atoms with van der Waals surface area (Å²) in [6.07, 6.45) is 1.62. The molecule has 0 aliphatic heterocycles. The molecule has 0 aliphatic rings. The predicted molar refractivity (Wildman–Crippen MR) is 71.4 cm³/mol. The minimum absolute atomic E-state index is 0.341. The number of anilines is 1. The first-order valence-corrected chi connectivity index (χ1v) is 6.22. The lowest BCUT2D eigenvalue weighted by Gasteiger charge is -2.10. The lowest BCUT2D eigenvalue weighted by molar-refractivity contribution is 0.0527. The molecular weight excluding hydrogens is 248 g/mol. The second-order valence-corrected chi connectivity index (χ2v) is 3.65. The molecule has 0 saturated carbocycles.